The van der Waals surface area contributed by atoms with Gasteiger partial charge in [0.15, 0.2) is 0 Å². The van der Waals surface area contributed by atoms with Crippen molar-refractivity contribution in [3.63, 3.8) is 0 Å². The average Bonchev–Trinajstić information content (AvgIpc) is 3.02. The van der Waals surface area contributed by atoms with Gasteiger partial charge in [-0.2, -0.15) is 0 Å². The first-order valence-electron chi connectivity index (χ1n) is 20.3. The fourth-order valence-corrected chi connectivity index (χ4v) is 12.2. The summed E-state index contributed by atoms with van der Waals surface area (Å²) in [5.74, 6) is 0. The highest BCUT2D eigenvalue weighted by Crippen LogP contribution is 2.53. The van der Waals surface area contributed by atoms with E-state index in [-0.39, 0.29) is 0 Å². The van der Waals surface area contributed by atoms with Crippen molar-refractivity contribution in [2.24, 2.45) is 0 Å². The van der Waals surface area contributed by atoms with E-state index in [9.17, 15) is 4.57 Å². The summed E-state index contributed by atoms with van der Waals surface area (Å²) in [6.07, 6.45) is 44.1. The highest BCUT2D eigenvalue weighted by molar-refractivity contribution is 7.64. The molecule has 0 aliphatic heterocycles. The molecule has 0 radical (unpaired) electrons. The van der Waals surface area contributed by atoms with E-state index in [1.807, 2.05) is 0 Å². The molecule has 262 valence electrons. The lowest BCUT2D eigenvalue weighted by Gasteiger charge is -2.24. The molecule has 0 aromatic heterocycles. The molecule has 0 N–H and O–H groups in total. The van der Waals surface area contributed by atoms with Gasteiger partial charge in [-0.3, -0.25) is 0 Å². The number of hydrogen-bond acceptors (Lipinski definition) is 1. The molecule has 0 spiro atoms. The molecule has 0 aromatic rings. The summed E-state index contributed by atoms with van der Waals surface area (Å²) in [6, 6.07) is 0. The van der Waals surface area contributed by atoms with Crippen LogP contribution in [-0.4, -0.2) is 36.5 Å². The summed E-state index contributed by atoms with van der Waals surface area (Å²) in [6.45, 7) is 15.9. The van der Waals surface area contributed by atoms with Crippen LogP contribution in [0.3, 0.4) is 0 Å². The van der Waals surface area contributed by atoms with Crippen molar-refractivity contribution in [2.45, 2.75) is 227 Å². The lowest BCUT2D eigenvalue weighted by Crippen LogP contribution is -2.09. The normalized spacial score (nSPS) is 12.5. The summed E-state index contributed by atoms with van der Waals surface area (Å²) in [5.41, 5.74) is 0.443. The van der Waals surface area contributed by atoms with E-state index in [4.69, 9.17) is 0 Å². The Bertz CT molecular complexity index is 513. The molecular formula is C40H86OP2. The summed E-state index contributed by atoms with van der Waals surface area (Å²) < 4.78 is 13.3. The molecular weight excluding hydrogens is 558 g/mol. The second-order valence-corrected chi connectivity index (χ2v) is 20.3. The SMILES string of the molecule is CCCCCCCCP(=O)(CCCCCCCC)C(C)CC.CCCCCCCCP(CCCC)CCCCCCCC. The third kappa shape index (κ3) is 32.4. The van der Waals surface area contributed by atoms with Crippen LogP contribution in [0.5, 0.6) is 0 Å². The zero-order chi connectivity index (χ0) is 32.3. The van der Waals surface area contributed by atoms with Crippen molar-refractivity contribution in [3.8, 4) is 0 Å². The first kappa shape index (κ1) is 45.8. The zero-order valence-corrected chi connectivity index (χ0v) is 33.3. The van der Waals surface area contributed by atoms with E-state index in [1.54, 1.807) is 18.5 Å². The molecule has 3 heteroatoms. The third-order valence-electron chi connectivity index (χ3n) is 9.66. The molecule has 1 unspecified atom stereocenters. The van der Waals surface area contributed by atoms with Crippen LogP contribution in [0, 0.1) is 0 Å². The maximum Gasteiger partial charge on any atom is 0.0903 e. The molecule has 0 aromatic carbocycles. The van der Waals surface area contributed by atoms with Crippen molar-refractivity contribution in [3.05, 3.63) is 0 Å². The Hall–Kier alpha value is 0.660. The van der Waals surface area contributed by atoms with Crippen LogP contribution in [0.1, 0.15) is 222 Å². The molecule has 1 atom stereocenters. The molecule has 0 amide bonds. The van der Waals surface area contributed by atoms with Gasteiger partial charge >= 0.3 is 0 Å². The van der Waals surface area contributed by atoms with Crippen molar-refractivity contribution < 1.29 is 4.57 Å². The van der Waals surface area contributed by atoms with Crippen molar-refractivity contribution >= 4 is 15.1 Å². The fourth-order valence-electron chi connectivity index (χ4n) is 6.15. The van der Waals surface area contributed by atoms with Crippen LogP contribution in [-0.2, 0) is 4.57 Å². The molecule has 43 heavy (non-hydrogen) atoms. The van der Waals surface area contributed by atoms with E-state index < -0.39 is 7.14 Å². The number of hydrogen-bond donors (Lipinski definition) is 0. The maximum absolute atomic E-state index is 13.3. The topological polar surface area (TPSA) is 17.1 Å². The Kier molecular flexibility index (Phi) is 39.5. The number of rotatable bonds is 33. The first-order chi connectivity index (χ1) is 20.9. The molecule has 0 fully saturated rings. The van der Waals surface area contributed by atoms with Crippen molar-refractivity contribution in [1.29, 1.82) is 0 Å². The van der Waals surface area contributed by atoms with Gasteiger partial charge in [-0.25, -0.2) is 0 Å². The van der Waals surface area contributed by atoms with Gasteiger partial charge in [-0.1, -0.05) is 183 Å². The Morgan fingerprint density at radius 1 is 0.395 bits per heavy atom. The minimum absolute atomic E-state index is 0.384. The molecule has 0 aliphatic carbocycles. The van der Waals surface area contributed by atoms with Crippen molar-refractivity contribution in [2.75, 3.05) is 30.8 Å². The lowest BCUT2D eigenvalue weighted by molar-refractivity contribution is 0.551. The van der Waals surface area contributed by atoms with Gasteiger partial charge in [0.1, 0.15) is 0 Å². The summed E-state index contributed by atoms with van der Waals surface area (Å²) in [4.78, 5) is 0. The van der Waals surface area contributed by atoms with E-state index >= 15 is 0 Å². The average molecular weight is 645 g/mol. The molecule has 0 aliphatic rings. The van der Waals surface area contributed by atoms with Gasteiger partial charge in [0.2, 0.25) is 0 Å². The van der Waals surface area contributed by atoms with Gasteiger partial charge < -0.3 is 4.57 Å². The van der Waals surface area contributed by atoms with Gasteiger partial charge in [-0.05, 0) is 57.0 Å². The van der Waals surface area contributed by atoms with E-state index in [1.165, 1.54) is 167 Å². The molecule has 0 saturated carbocycles. The minimum atomic E-state index is -1.92. The molecule has 0 saturated heterocycles. The van der Waals surface area contributed by atoms with Crippen LogP contribution < -0.4 is 0 Å². The number of unbranched alkanes of at least 4 members (excludes halogenated alkanes) is 21. The van der Waals surface area contributed by atoms with E-state index in [0.29, 0.717) is 13.6 Å². The fraction of sp³-hybridized carbons (Fsp3) is 1.00. The molecule has 0 heterocycles. The Balaban J connectivity index is 0. The summed E-state index contributed by atoms with van der Waals surface area (Å²) in [7, 11) is -1.54. The quantitative estimate of drug-likeness (QED) is 0.0513. The summed E-state index contributed by atoms with van der Waals surface area (Å²) >= 11 is 0. The predicted molar refractivity (Wildman–Crippen MR) is 207 cm³/mol. The van der Waals surface area contributed by atoms with E-state index in [0.717, 1.165) is 18.7 Å². The smallest absolute Gasteiger partial charge is 0.0903 e. The van der Waals surface area contributed by atoms with Crippen LogP contribution >= 0.6 is 15.1 Å². The Morgan fingerprint density at radius 2 is 0.674 bits per heavy atom. The van der Waals surface area contributed by atoms with E-state index in [2.05, 4.69) is 48.5 Å². The van der Waals surface area contributed by atoms with Gasteiger partial charge in [0.25, 0.3) is 0 Å². The monoisotopic (exact) mass is 645 g/mol. The predicted octanol–water partition coefficient (Wildman–Crippen LogP) is 15.9. The van der Waals surface area contributed by atoms with Crippen LogP contribution in [0.4, 0.5) is 0 Å². The second-order valence-electron chi connectivity index (χ2n) is 13.9. The summed E-state index contributed by atoms with van der Waals surface area (Å²) in [5, 5.41) is 0. The Morgan fingerprint density at radius 3 is 1.00 bits per heavy atom. The molecule has 0 rings (SSSR count). The van der Waals surface area contributed by atoms with Gasteiger partial charge in [-0.15, -0.1) is 7.92 Å². The molecule has 0 bridgehead atoms. The van der Waals surface area contributed by atoms with Gasteiger partial charge in [0.05, 0.1) is 7.14 Å². The highest BCUT2D eigenvalue weighted by atomic mass is 31.2. The zero-order valence-electron chi connectivity index (χ0n) is 31.5. The van der Waals surface area contributed by atoms with Gasteiger partial charge in [0, 0.05) is 18.0 Å². The Labute approximate surface area is 277 Å². The third-order valence-corrected chi connectivity index (χ3v) is 16.6. The molecule has 1 nitrogen and oxygen atoms in total. The second kappa shape index (κ2) is 37.1. The lowest BCUT2D eigenvalue weighted by atomic mass is 10.1. The van der Waals surface area contributed by atoms with Crippen LogP contribution in [0.25, 0.3) is 0 Å². The van der Waals surface area contributed by atoms with Crippen LogP contribution in [0.15, 0.2) is 0 Å². The van der Waals surface area contributed by atoms with Crippen LogP contribution in [0.2, 0.25) is 0 Å². The first-order valence-corrected chi connectivity index (χ1v) is 24.3. The largest absolute Gasteiger partial charge is 0.323 e. The minimum Gasteiger partial charge on any atom is -0.323 e. The standard InChI is InChI=1S/C20H43OP.C20H43P/c1-5-8-10-12-14-16-18-22(21,20(4)7-3)19-17-15-13-11-9-6-2;1-4-7-10-12-14-16-19-21(18-9-6-3)20-17-15-13-11-8-5-2/h20H,5-19H2,1-4H3;4-20H2,1-3H3. The maximum atomic E-state index is 13.3. The highest BCUT2D eigenvalue weighted by Gasteiger charge is 2.27. The van der Waals surface area contributed by atoms with Crippen molar-refractivity contribution in [1.82, 2.24) is 0 Å².